The summed E-state index contributed by atoms with van der Waals surface area (Å²) in [6.07, 6.45) is 1.19. The lowest BCUT2D eigenvalue weighted by atomic mass is 9.88. The highest BCUT2D eigenvalue weighted by molar-refractivity contribution is 5.61. The summed E-state index contributed by atoms with van der Waals surface area (Å²) in [6, 6.07) is -1.23. The van der Waals surface area contributed by atoms with Crippen LogP contribution in [0.2, 0.25) is 0 Å². The second-order valence-electron chi connectivity index (χ2n) is 10.9. The molecule has 0 bridgehead atoms. The van der Waals surface area contributed by atoms with Gasteiger partial charge >= 0.3 is 0 Å². The highest BCUT2D eigenvalue weighted by Gasteiger charge is 2.47. The van der Waals surface area contributed by atoms with Crippen LogP contribution in [0.5, 0.6) is 0 Å². The fourth-order valence-corrected chi connectivity index (χ4v) is 5.24. The van der Waals surface area contributed by atoms with Crippen LogP contribution in [-0.4, -0.2) is 165 Å². The maximum Gasteiger partial charge on any atom is 0.182 e. The first-order valence-electron chi connectivity index (χ1n) is 14.7. The predicted molar refractivity (Wildman–Crippen MR) is 149 cm³/mol. The molecule has 0 amide bonds. The van der Waals surface area contributed by atoms with Crippen LogP contribution in [0.4, 0.5) is 0 Å². The lowest BCUT2D eigenvalue weighted by Crippen LogP contribution is -2.59. The van der Waals surface area contributed by atoms with Crippen LogP contribution in [0.15, 0.2) is 9.98 Å². The monoisotopic (exact) mass is 604 g/mol. The normalized spacial score (nSPS) is 40.2. The van der Waals surface area contributed by atoms with Gasteiger partial charge in [-0.15, -0.1) is 0 Å². The average Bonchev–Trinajstić information content (AvgIpc) is 3.92. The lowest BCUT2D eigenvalue weighted by Gasteiger charge is -2.42. The minimum absolute atomic E-state index is 0.139. The summed E-state index contributed by atoms with van der Waals surface area (Å²) in [4.78, 5) is 9.14. The molecule has 4 rings (SSSR count). The molecule has 4 heterocycles. The number of aliphatic hydroxyl groups excluding tert-OH is 2. The molecule has 14 nitrogen and oxygen atoms in total. The van der Waals surface area contributed by atoms with E-state index in [1.807, 2.05) is 0 Å². The van der Waals surface area contributed by atoms with Crippen LogP contribution < -0.4 is 0 Å². The molecule has 0 aromatic heterocycles. The molecule has 0 radical (unpaired) electrons. The average molecular weight is 605 g/mol. The van der Waals surface area contributed by atoms with Gasteiger partial charge in [0.1, 0.15) is 42.6 Å². The number of hydrogen-bond acceptors (Lipinski definition) is 14. The first-order valence-corrected chi connectivity index (χ1v) is 14.7. The summed E-state index contributed by atoms with van der Waals surface area (Å²) in [5, 5.41) is 22.1. The molecule has 0 aliphatic carbocycles. The van der Waals surface area contributed by atoms with Crippen molar-refractivity contribution in [3.8, 4) is 0 Å². The van der Waals surface area contributed by atoms with Gasteiger partial charge in [-0.2, -0.15) is 0 Å². The van der Waals surface area contributed by atoms with E-state index in [0.717, 1.165) is 6.42 Å². The number of hydrogen-bond donors (Lipinski definition) is 2. The number of ether oxygens (including phenoxy) is 10. The highest BCUT2D eigenvalue weighted by atomic mass is 16.7. The van der Waals surface area contributed by atoms with E-state index in [4.69, 9.17) is 47.4 Å². The lowest BCUT2D eigenvalue weighted by molar-refractivity contribution is -0.264. The third-order valence-corrected chi connectivity index (χ3v) is 7.79. The quantitative estimate of drug-likeness (QED) is 0.112. The van der Waals surface area contributed by atoms with Gasteiger partial charge in [0, 0.05) is 34.4 Å². The first kappa shape index (κ1) is 33.7. The number of nitrogens with zero attached hydrogens (tertiary/aromatic N) is 2. The maximum absolute atomic E-state index is 11.1. The van der Waals surface area contributed by atoms with Crippen LogP contribution >= 0.6 is 0 Å². The third-order valence-electron chi connectivity index (χ3n) is 7.79. The summed E-state index contributed by atoms with van der Waals surface area (Å²) >= 11 is 0. The third kappa shape index (κ3) is 9.68. The summed E-state index contributed by atoms with van der Waals surface area (Å²) in [7, 11) is 6.17. The molecule has 42 heavy (non-hydrogen) atoms. The summed E-state index contributed by atoms with van der Waals surface area (Å²) < 4.78 is 55.7. The molecule has 0 aromatic carbocycles. The fourth-order valence-electron chi connectivity index (χ4n) is 5.24. The minimum Gasteiger partial charge on any atom is -0.390 e. The van der Waals surface area contributed by atoms with E-state index in [0.29, 0.717) is 52.5 Å². The molecule has 0 spiro atoms. The molecule has 2 N–H and O–H groups in total. The molecule has 4 aliphatic rings. The van der Waals surface area contributed by atoms with Crippen LogP contribution in [-0.2, 0) is 47.4 Å². The number of methoxy groups -OCH3 is 4. The van der Waals surface area contributed by atoms with Gasteiger partial charge < -0.3 is 57.6 Å². The Morgan fingerprint density at radius 1 is 0.690 bits per heavy atom. The van der Waals surface area contributed by atoms with Crippen molar-refractivity contribution in [2.75, 3.05) is 74.7 Å². The van der Waals surface area contributed by atoms with Crippen LogP contribution in [0.1, 0.15) is 19.3 Å². The molecular formula is C28H48N2O12. The Morgan fingerprint density at radius 3 is 1.71 bits per heavy atom. The van der Waals surface area contributed by atoms with Gasteiger partial charge in [-0.05, 0) is 31.7 Å². The second-order valence-corrected chi connectivity index (χ2v) is 10.9. The number of unbranched alkanes of at least 4 members (excludes halogenated alkanes) is 2. The number of aliphatic hydroxyl groups is 2. The Bertz CT molecular complexity index is 829. The summed E-state index contributed by atoms with van der Waals surface area (Å²) in [5.41, 5.74) is 0. The molecule has 12 atom stereocenters. The number of aliphatic imine (C=N–C) groups is 2. The van der Waals surface area contributed by atoms with Gasteiger partial charge in [0.2, 0.25) is 0 Å². The zero-order valence-electron chi connectivity index (χ0n) is 25.0. The van der Waals surface area contributed by atoms with E-state index in [1.54, 1.807) is 19.5 Å². The SMILES string of the molecule is COCC1C(COCC2CO2)OC(OC)C(/N=C/CCC/C=N/C2C(OC)OC(COCC3CO3)C(OC)C2O)C1O. The van der Waals surface area contributed by atoms with Crippen molar-refractivity contribution in [3.63, 3.8) is 0 Å². The first-order chi connectivity index (χ1) is 20.5. The molecule has 4 saturated heterocycles. The van der Waals surface area contributed by atoms with Crippen LogP contribution in [0, 0.1) is 5.92 Å². The zero-order valence-corrected chi connectivity index (χ0v) is 25.0. The topological polar surface area (TPSA) is 164 Å². The smallest absolute Gasteiger partial charge is 0.182 e. The zero-order chi connectivity index (χ0) is 29.9. The van der Waals surface area contributed by atoms with E-state index >= 15 is 0 Å². The Kier molecular flexibility index (Phi) is 14.0. The van der Waals surface area contributed by atoms with Gasteiger partial charge in [0.15, 0.2) is 12.6 Å². The van der Waals surface area contributed by atoms with E-state index < -0.39 is 49.1 Å². The van der Waals surface area contributed by atoms with E-state index in [1.165, 1.54) is 21.3 Å². The Hall–Kier alpha value is -1.14. The van der Waals surface area contributed by atoms with Crippen molar-refractivity contribution in [2.45, 2.75) is 86.7 Å². The molecule has 0 aromatic rings. The van der Waals surface area contributed by atoms with Crippen molar-refractivity contribution in [2.24, 2.45) is 15.9 Å². The molecule has 0 saturated carbocycles. The summed E-state index contributed by atoms with van der Waals surface area (Å²) in [5.74, 6) is -0.317. The summed E-state index contributed by atoms with van der Waals surface area (Å²) in [6.45, 7) is 3.26. The molecule has 14 heteroatoms. The van der Waals surface area contributed by atoms with E-state index in [9.17, 15) is 10.2 Å². The standard InChI is InChI=1S/C28H48N2O12/c1-33-14-19-20(15-37-10-17-12-39-17)41-27(35-3)22(24(19)31)29-8-6-5-7-9-30-23-25(32)26(34-2)21(42-28(23)36-4)16-38-11-18-13-40-18/h8-9,17-28,31-32H,5-7,10-16H2,1-4H3/b29-8+,30-9+. The van der Waals surface area contributed by atoms with Gasteiger partial charge in [0.25, 0.3) is 0 Å². The molecular weight excluding hydrogens is 556 g/mol. The molecule has 4 aliphatic heterocycles. The van der Waals surface area contributed by atoms with Crippen molar-refractivity contribution >= 4 is 12.4 Å². The fraction of sp³-hybridized carbons (Fsp3) is 0.929. The molecule has 242 valence electrons. The Morgan fingerprint density at radius 2 is 1.21 bits per heavy atom. The largest absolute Gasteiger partial charge is 0.390 e. The van der Waals surface area contributed by atoms with Crippen molar-refractivity contribution in [1.29, 1.82) is 0 Å². The van der Waals surface area contributed by atoms with Crippen molar-refractivity contribution in [1.82, 2.24) is 0 Å². The van der Waals surface area contributed by atoms with Gasteiger partial charge in [-0.25, -0.2) is 0 Å². The number of rotatable bonds is 19. The van der Waals surface area contributed by atoms with E-state index in [-0.39, 0.29) is 30.8 Å². The van der Waals surface area contributed by atoms with E-state index in [2.05, 4.69) is 9.98 Å². The highest BCUT2D eigenvalue weighted by Crippen LogP contribution is 2.30. The Labute approximate surface area is 247 Å². The maximum atomic E-state index is 11.1. The van der Waals surface area contributed by atoms with Crippen LogP contribution in [0.25, 0.3) is 0 Å². The second kappa shape index (κ2) is 17.4. The predicted octanol–water partition coefficient (Wildman–Crippen LogP) is -0.392. The minimum atomic E-state index is -0.924. The van der Waals surface area contributed by atoms with Gasteiger partial charge in [-0.1, -0.05) is 0 Å². The molecule has 12 unspecified atom stereocenters. The van der Waals surface area contributed by atoms with Crippen LogP contribution in [0.3, 0.4) is 0 Å². The van der Waals surface area contributed by atoms with Crippen molar-refractivity contribution in [3.05, 3.63) is 0 Å². The number of epoxide rings is 2. The van der Waals surface area contributed by atoms with Gasteiger partial charge in [0.05, 0.1) is 58.5 Å². The Balaban J connectivity index is 1.22. The molecule has 4 fully saturated rings. The van der Waals surface area contributed by atoms with Gasteiger partial charge in [-0.3, -0.25) is 9.98 Å². The van der Waals surface area contributed by atoms with Crippen molar-refractivity contribution < 1.29 is 57.6 Å².